The third-order valence-electron chi connectivity index (χ3n) is 2.36. The Labute approximate surface area is 97.7 Å². The van der Waals surface area contributed by atoms with E-state index in [1.54, 1.807) is 11.7 Å². The fourth-order valence-electron chi connectivity index (χ4n) is 1.58. The van der Waals surface area contributed by atoms with Crippen LogP contribution in [-0.4, -0.2) is 15.0 Å². The van der Waals surface area contributed by atoms with Crippen molar-refractivity contribution in [1.29, 1.82) is 0 Å². The van der Waals surface area contributed by atoms with Crippen molar-refractivity contribution < 1.29 is 0 Å². The van der Waals surface area contributed by atoms with Gasteiger partial charge in [0.1, 0.15) is 5.82 Å². The standard InChI is InChI=1S/C10H13N5S/c1-3-7-6(2)13-10(14-9(7)15-11)8-4-12-5-16-8/h4-5H,3,11H2,1-2H3,(H,13,14,15). The highest BCUT2D eigenvalue weighted by atomic mass is 32.1. The van der Waals surface area contributed by atoms with Crippen LogP contribution in [0, 0.1) is 6.92 Å². The average Bonchev–Trinajstić information content (AvgIpc) is 2.81. The molecule has 2 aromatic rings. The quantitative estimate of drug-likeness (QED) is 0.626. The molecule has 0 amide bonds. The van der Waals surface area contributed by atoms with Crippen molar-refractivity contribution in [3.05, 3.63) is 23.0 Å². The fourth-order valence-corrected chi connectivity index (χ4v) is 2.13. The van der Waals surface area contributed by atoms with E-state index in [2.05, 4.69) is 27.3 Å². The second-order valence-electron chi connectivity index (χ2n) is 3.32. The van der Waals surface area contributed by atoms with Crippen LogP contribution in [0.3, 0.4) is 0 Å². The van der Waals surface area contributed by atoms with Gasteiger partial charge in [-0.15, -0.1) is 11.3 Å². The van der Waals surface area contributed by atoms with Crippen LogP contribution in [0.4, 0.5) is 5.82 Å². The van der Waals surface area contributed by atoms with E-state index in [1.807, 2.05) is 6.92 Å². The second-order valence-corrected chi connectivity index (χ2v) is 4.21. The molecule has 0 fully saturated rings. The molecule has 0 aromatic carbocycles. The van der Waals surface area contributed by atoms with E-state index in [9.17, 15) is 0 Å². The molecule has 0 bridgehead atoms. The molecule has 3 N–H and O–H groups in total. The van der Waals surface area contributed by atoms with Crippen LogP contribution >= 0.6 is 11.3 Å². The predicted octanol–water partition coefficient (Wildman–Crippen LogP) is 1.76. The number of hydrogen-bond donors (Lipinski definition) is 2. The van der Waals surface area contributed by atoms with Gasteiger partial charge in [0.15, 0.2) is 5.82 Å². The summed E-state index contributed by atoms with van der Waals surface area (Å²) >= 11 is 1.51. The monoisotopic (exact) mass is 235 g/mol. The summed E-state index contributed by atoms with van der Waals surface area (Å²) in [6, 6.07) is 0. The van der Waals surface area contributed by atoms with Gasteiger partial charge in [-0.1, -0.05) is 6.92 Å². The smallest absolute Gasteiger partial charge is 0.173 e. The summed E-state index contributed by atoms with van der Waals surface area (Å²) in [4.78, 5) is 13.8. The van der Waals surface area contributed by atoms with Crippen molar-refractivity contribution in [3.8, 4) is 10.7 Å². The number of nitrogens with zero attached hydrogens (tertiary/aromatic N) is 3. The minimum absolute atomic E-state index is 0.671. The maximum Gasteiger partial charge on any atom is 0.173 e. The number of nitrogen functional groups attached to an aromatic ring is 1. The average molecular weight is 235 g/mol. The van der Waals surface area contributed by atoms with Crippen LogP contribution in [0.2, 0.25) is 0 Å². The summed E-state index contributed by atoms with van der Waals surface area (Å²) in [5.74, 6) is 6.83. The molecule has 0 saturated carbocycles. The Morgan fingerprint density at radius 2 is 2.25 bits per heavy atom. The molecular weight excluding hydrogens is 222 g/mol. The molecular formula is C10H13N5S. The van der Waals surface area contributed by atoms with Crippen molar-refractivity contribution >= 4 is 17.2 Å². The lowest BCUT2D eigenvalue weighted by Gasteiger charge is -2.10. The summed E-state index contributed by atoms with van der Waals surface area (Å²) < 4.78 is 0. The molecule has 2 aromatic heterocycles. The minimum Gasteiger partial charge on any atom is -0.308 e. The van der Waals surface area contributed by atoms with Crippen LogP contribution < -0.4 is 11.3 Å². The van der Waals surface area contributed by atoms with E-state index in [0.29, 0.717) is 11.6 Å². The molecule has 16 heavy (non-hydrogen) atoms. The molecule has 2 heterocycles. The largest absolute Gasteiger partial charge is 0.308 e. The van der Waals surface area contributed by atoms with Crippen molar-refractivity contribution in [2.75, 3.05) is 5.43 Å². The van der Waals surface area contributed by atoms with Gasteiger partial charge in [0.25, 0.3) is 0 Å². The number of aromatic nitrogens is 3. The molecule has 0 atom stereocenters. The molecule has 0 aliphatic carbocycles. The topological polar surface area (TPSA) is 76.7 Å². The van der Waals surface area contributed by atoms with Gasteiger partial charge in [-0.3, -0.25) is 4.98 Å². The highest BCUT2D eigenvalue weighted by Crippen LogP contribution is 2.24. The van der Waals surface area contributed by atoms with Crippen LogP contribution in [0.25, 0.3) is 10.7 Å². The molecule has 0 saturated heterocycles. The van der Waals surface area contributed by atoms with Crippen LogP contribution in [0.15, 0.2) is 11.7 Å². The Bertz CT molecular complexity index is 480. The number of aryl methyl sites for hydroxylation is 1. The van der Waals surface area contributed by atoms with Gasteiger partial charge in [-0.25, -0.2) is 15.8 Å². The number of anilines is 1. The highest BCUT2D eigenvalue weighted by molar-refractivity contribution is 7.13. The van der Waals surface area contributed by atoms with E-state index >= 15 is 0 Å². The van der Waals surface area contributed by atoms with Gasteiger partial charge >= 0.3 is 0 Å². The van der Waals surface area contributed by atoms with Gasteiger partial charge < -0.3 is 5.43 Å². The summed E-state index contributed by atoms with van der Waals surface area (Å²) in [5, 5.41) is 0. The Morgan fingerprint density at radius 1 is 1.44 bits per heavy atom. The molecule has 0 aliphatic heterocycles. The van der Waals surface area contributed by atoms with Crippen molar-refractivity contribution in [2.24, 2.45) is 5.84 Å². The third-order valence-corrected chi connectivity index (χ3v) is 3.13. The zero-order valence-electron chi connectivity index (χ0n) is 9.19. The molecule has 2 rings (SSSR count). The SMILES string of the molecule is CCc1c(C)nc(-c2cncs2)nc1NN. The summed E-state index contributed by atoms with van der Waals surface area (Å²) in [5.41, 5.74) is 6.39. The first-order valence-electron chi connectivity index (χ1n) is 4.99. The number of thiazole rings is 1. The molecule has 6 heteroatoms. The summed E-state index contributed by atoms with van der Waals surface area (Å²) in [6.07, 6.45) is 2.61. The van der Waals surface area contributed by atoms with Gasteiger partial charge in [0, 0.05) is 17.5 Å². The number of nitrogens with one attached hydrogen (secondary N) is 1. The molecule has 5 nitrogen and oxygen atoms in total. The fraction of sp³-hybridized carbons (Fsp3) is 0.300. The minimum atomic E-state index is 0.671. The normalized spacial score (nSPS) is 10.4. The van der Waals surface area contributed by atoms with Gasteiger partial charge in [0.2, 0.25) is 0 Å². The summed E-state index contributed by atoms with van der Waals surface area (Å²) in [6.45, 7) is 4.02. The van der Waals surface area contributed by atoms with Crippen molar-refractivity contribution in [3.63, 3.8) is 0 Å². The maximum absolute atomic E-state index is 5.46. The Balaban J connectivity index is 2.54. The first-order valence-corrected chi connectivity index (χ1v) is 5.87. The molecule has 0 radical (unpaired) electrons. The predicted molar refractivity (Wildman–Crippen MR) is 65.1 cm³/mol. The van der Waals surface area contributed by atoms with Gasteiger partial charge in [-0.05, 0) is 13.3 Å². The first-order chi connectivity index (χ1) is 7.76. The van der Waals surface area contributed by atoms with E-state index in [1.165, 1.54) is 11.3 Å². The van der Waals surface area contributed by atoms with E-state index in [0.717, 1.165) is 22.6 Å². The lowest BCUT2D eigenvalue weighted by molar-refractivity contribution is 0.997. The van der Waals surface area contributed by atoms with Crippen LogP contribution in [0.5, 0.6) is 0 Å². The first kappa shape index (κ1) is 11.0. The third kappa shape index (κ3) is 1.89. The molecule has 84 valence electrons. The number of rotatable bonds is 3. The van der Waals surface area contributed by atoms with Crippen LogP contribution in [-0.2, 0) is 6.42 Å². The molecule has 0 spiro atoms. The van der Waals surface area contributed by atoms with Gasteiger partial charge in [0.05, 0.1) is 10.4 Å². The lowest BCUT2D eigenvalue weighted by Crippen LogP contribution is -2.13. The van der Waals surface area contributed by atoms with E-state index in [4.69, 9.17) is 5.84 Å². The Kier molecular flexibility index (Phi) is 3.12. The van der Waals surface area contributed by atoms with Gasteiger partial charge in [-0.2, -0.15) is 0 Å². The highest BCUT2D eigenvalue weighted by Gasteiger charge is 2.11. The number of nitrogens with two attached hydrogens (primary N) is 1. The summed E-state index contributed by atoms with van der Waals surface area (Å²) in [7, 11) is 0. The zero-order chi connectivity index (χ0) is 11.5. The lowest BCUT2D eigenvalue weighted by atomic mass is 10.1. The van der Waals surface area contributed by atoms with Crippen molar-refractivity contribution in [1.82, 2.24) is 15.0 Å². The van der Waals surface area contributed by atoms with E-state index in [-0.39, 0.29) is 0 Å². The number of hydrogen-bond acceptors (Lipinski definition) is 6. The maximum atomic E-state index is 5.46. The number of hydrazine groups is 1. The Hall–Kier alpha value is -1.53. The Morgan fingerprint density at radius 3 is 2.81 bits per heavy atom. The second kappa shape index (κ2) is 4.54. The molecule has 0 aliphatic rings. The van der Waals surface area contributed by atoms with Crippen LogP contribution in [0.1, 0.15) is 18.2 Å². The van der Waals surface area contributed by atoms with E-state index < -0.39 is 0 Å². The molecule has 0 unspecified atom stereocenters. The van der Waals surface area contributed by atoms with Crippen molar-refractivity contribution in [2.45, 2.75) is 20.3 Å². The zero-order valence-corrected chi connectivity index (χ0v) is 10.0.